The summed E-state index contributed by atoms with van der Waals surface area (Å²) in [6.07, 6.45) is -0.227. The topological polar surface area (TPSA) is 55.8 Å². The molecule has 0 bridgehead atoms. The quantitative estimate of drug-likeness (QED) is 0.754. The van der Waals surface area contributed by atoms with Gasteiger partial charge in [0.25, 0.3) is 10.1 Å². The Morgan fingerprint density at radius 3 is 2.48 bits per heavy atom. The van der Waals surface area contributed by atoms with Crippen molar-refractivity contribution in [2.45, 2.75) is 37.3 Å². The van der Waals surface area contributed by atoms with Gasteiger partial charge in [0, 0.05) is 16.6 Å². The van der Waals surface area contributed by atoms with E-state index in [1.54, 1.807) is 12.1 Å². The molecule has 1 aromatic rings. The molecule has 0 N–H and O–H groups in total. The summed E-state index contributed by atoms with van der Waals surface area (Å²) in [7, 11) is -3.74. The molecular formula is C14H20BrNO4S. The third kappa shape index (κ3) is 4.50. The minimum atomic E-state index is -3.74. The summed E-state index contributed by atoms with van der Waals surface area (Å²) in [5, 5.41) is 0. The zero-order chi connectivity index (χ0) is 15.7. The molecule has 0 aromatic heterocycles. The smallest absolute Gasteiger partial charge is 0.297 e. The average molecular weight is 378 g/mol. The maximum absolute atomic E-state index is 12.1. The molecule has 5 nitrogen and oxygen atoms in total. The van der Waals surface area contributed by atoms with Crippen LogP contribution < -0.4 is 0 Å². The van der Waals surface area contributed by atoms with Crippen molar-refractivity contribution >= 4 is 26.0 Å². The summed E-state index contributed by atoms with van der Waals surface area (Å²) in [5.41, 5.74) is -0.000663. The van der Waals surface area contributed by atoms with E-state index in [1.807, 2.05) is 0 Å². The van der Waals surface area contributed by atoms with Crippen molar-refractivity contribution in [3.8, 4) is 0 Å². The van der Waals surface area contributed by atoms with Crippen LogP contribution in [0.1, 0.15) is 20.8 Å². The fourth-order valence-electron chi connectivity index (χ4n) is 1.95. The monoisotopic (exact) mass is 377 g/mol. The van der Waals surface area contributed by atoms with Crippen molar-refractivity contribution in [2.24, 2.45) is 0 Å². The molecule has 0 unspecified atom stereocenters. The number of halogens is 1. The molecule has 118 valence electrons. The largest absolute Gasteiger partial charge is 0.359 e. The summed E-state index contributed by atoms with van der Waals surface area (Å²) >= 11 is 3.27. The van der Waals surface area contributed by atoms with Crippen LogP contribution in [0.2, 0.25) is 0 Å². The predicted molar refractivity (Wildman–Crippen MR) is 83.5 cm³/mol. The summed E-state index contributed by atoms with van der Waals surface area (Å²) in [6, 6.07) is 6.36. The fraction of sp³-hybridized carbons (Fsp3) is 0.571. The molecular weight excluding hydrogens is 358 g/mol. The number of hydrogen-bond donors (Lipinski definition) is 0. The lowest BCUT2D eigenvalue weighted by Crippen LogP contribution is -2.40. The maximum atomic E-state index is 12.1. The minimum absolute atomic E-state index is 0.000663. The van der Waals surface area contributed by atoms with Crippen LogP contribution in [0, 0.1) is 0 Å². The Bertz CT molecular complexity index is 580. The zero-order valence-corrected chi connectivity index (χ0v) is 14.8. The Balaban J connectivity index is 1.93. The van der Waals surface area contributed by atoms with Crippen molar-refractivity contribution in [3.05, 3.63) is 28.7 Å². The van der Waals surface area contributed by atoms with E-state index in [4.69, 9.17) is 8.92 Å². The van der Waals surface area contributed by atoms with E-state index in [0.29, 0.717) is 13.3 Å². The molecule has 1 heterocycles. The molecule has 7 heteroatoms. The summed E-state index contributed by atoms with van der Waals surface area (Å²) < 4.78 is 35.6. The second-order valence-corrected chi connectivity index (χ2v) is 8.53. The van der Waals surface area contributed by atoms with E-state index in [-0.39, 0.29) is 23.1 Å². The van der Waals surface area contributed by atoms with Gasteiger partial charge in [0.1, 0.15) is 6.73 Å². The highest BCUT2D eigenvalue weighted by atomic mass is 79.9. The van der Waals surface area contributed by atoms with Crippen LogP contribution >= 0.6 is 15.9 Å². The molecule has 1 aliphatic rings. The molecule has 1 fully saturated rings. The lowest BCUT2D eigenvalue weighted by atomic mass is 10.1. The molecule has 0 saturated carbocycles. The Kier molecular flexibility index (Phi) is 5.10. The van der Waals surface area contributed by atoms with E-state index in [9.17, 15) is 8.42 Å². The molecule has 0 aliphatic carbocycles. The first kappa shape index (κ1) is 16.9. The van der Waals surface area contributed by atoms with Gasteiger partial charge in [-0.25, -0.2) is 0 Å². The molecule has 21 heavy (non-hydrogen) atoms. The maximum Gasteiger partial charge on any atom is 0.297 e. The predicted octanol–water partition coefficient (Wildman–Crippen LogP) is 2.61. The Morgan fingerprint density at radius 2 is 1.95 bits per heavy atom. The van der Waals surface area contributed by atoms with Gasteiger partial charge in [-0.15, -0.1) is 0 Å². The van der Waals surface area contributed by atoms with E-state index in [0.717, 1.165) is 4.47 Å². The number of rotatable bonds is 4. The second kappa shape index (κ2) is 6.34. The molecule has 0 amide bonds. The van der Waals surface area contributed by atoms with Crippen molar-refractivity contribution in [1.29, 1.82) is 0 Å². The molecule has 1 saturated heterocycles. The Hall–Kier alpha value is -0.470. The van der Waals surface area contributed by atoms with E-state index >= 15 is 0 Å². The Labute approximate surface area is 134 Å². The summed E-state index contributed by atoms with van der Waals surface area (Å²) in [4.78, 5) is 2.30. The third-order valence-electron chi connectivity index (χ3n) is 3.35. The Morgan fingerprint density at radius 1 is 1.33 bits per heavy atom. The number of benzene rings is 1. The highest BCUT2D eigenvalue weighted by molar-refractivity contribution is 9.10. The van der Waals surface area contributed by atoms with Crippen LogP contribution in [0.5, 0.6) is 0 Å². The summed E-state index contributed by atoms with van der Waals surface area (Å²) in [5.74, 6) is 0. The van der Waals surface area contributed by atoms with Crippen LogP contribution in [0.25, 0.3) is 0 Å². The first-order chi connectivity index (χ1) is 9.68. The van der Waals surface area contributed by atoms with Crippen LogP contribution in [-0.4, -0.2) is 44.8 Å². The molecule has 1 aliphatic heterocycles. The van der Waals surface area contributed by atoms with Crippen molar-refractivity contribution in [3.63, 3.8) is 0 Å². The van der Waals surface area contributed by atoms with Crippen molar-refractivity contribution in [2.75, 3.05) is 19.9 Å². The highest BCUT2D eigenvalue weighted by Crippen LogP contribution is 2.21. The molecule has 1 atom stereocenters. The van der Waals surface area contributed by atoms with Gasteiger partial charge < -0.3 is 4.74 Å². The van der Waals surface area contributed by atoms with Crippen LogP contribution in [-0.2, 0) is 19.0 Å². The van der Waals surface area contributed by atoms with Crippen LogP contribution in [0.3, 0.4) is 0 Å². The summed E-state index contributed by atoms with van der Waals surface area (Å²) in [6.45, 7) is 7.48. The minimum Gasteiger partial charge on any atom is -0.359 e. The molecule has 1 aromatic carbocycles. The molecule has 0 spiro atoms. The second-order valence-electron chi connectivity index (χ2n) is 6.00. The van der Waals surface area contributed by atoms with Gasteiger partial charge >= 0.3 is 0 Å². The van der Waals surface area contributed by atoms with Gasteiger partial charge in [0.15, 0.2) is 0 Å². The molecule has 2 rings (SSSR count). The van der Waals surface area contributed by atoms with E-state index < -0.39 is 10.1 Å². The van der Waals surface area contributed by atoms with Crippen molar-refractivity contribution in [1.82, 2.24) is 4.90 Å². The van der Waals surface area contributed by atoms with Gasteiger partial charge in [0.05, 0.1) is 17.6 Å². The standard InChI is InChI=1S/C14H20BrNO4S/c1-14(2,3)16-8-12(19-10-16)9-20-21(17,18)13-6-4-11(15)5-7-13/h4-7,12H,8-10H2,1-3H3/t12-/m0/s1. The lowest BCUT2D eigenvalue weighted by Gasteiger charge is -2.29. The van der Waals surface area contributed by atoms with Gasteiger partial charge in [-0.3, -0.25) is 9.08 Å². The van der Waals surface area contributed by atoms with Gasteiger partial charge in [0.2, 0.25) is 0 Å². The number of ether oxygens (including phenoxy) is 1. The van der Waals surface area contributed by atoms with Crippen LogP contribution in [0.4, 0.5) is 0 Å². The number of hydrogen-bond acceptors (Lipinski definition) is 5. The normalized spacial score (nSPS) is 20.9. The van der Waals surface area contributed by atoms with Gasteiger partial charge in [-0.1, -0.05) is 15.9 Å². The van der Waals surface area contributed by atoms with Crippen molar-refractivity contribution < 1.29 is 17.3 Å². The van der Waals surface area contributed by atoms with Gasteiger partial charge in [-0.05, 0) is 45.0 Å². The van der Waals surface area contributed by atoms with Gasteiger partial charge in [-0.2, -0.15) is 8.42 Å². The van der Waals surface area contributed by atoms with Crippen LogP contribution in [0.15, 0.2) is 33.6 Å². The molecule has 0 radical (unpaired) electrons. The SMILES string of the molecule is CC(C)(C)N1CO[C@H](COS(=O)(=O)c2ccc(Br)cc2)C1. The van der Waals surface area contributed by atoms with E-state index in [1.165, 1.54) is 12.1 Å². The number of nitrogens with zero attached hydrogens (tertiary/aromatic N) is 1. The zero-order valence-electron chi connectivity index (χ0n) is 12.4. The highest BCUT2D eigenvalue weighted by Gasteiger charge is 2.32. The third-order valence-corrected chi connectivity index (χ3v) is 5.17. The van der Waals surface area contributed by atoms with E-state index in [2.05, 4.69) is 41.6 Å². The fourth-order valence-corrected chi connectivity index (χ4v) is 3.15. The first-order valence-electron chi connectivity index (χ1n) is 6.70. The average Bonchev–Trinajstić information content (AvgIpc) is 2.86. The lowest BCUT2D eigenvalue weighted by molar-refractivity contribution is 0.0441. The first-order valence-corrected chi connectivity index (χ1v) is 8.90.